The number of hydrogen-bond donors (Lipinski definition) is 3. The van der Waals surface area contributed by atoms with Crippen LogP contribution in [0.2, 0.25) is 0 Å². The molecule has 1 rings (SSSR count). The molecule has 1 unspecified atom stereocenters. The van der Waals surface area contributed by atoms with Crippen LogP contribution in [0.4, 0.5) is 5.82 Å². The number of pyridine rings is 1. The Morgan fingerprint density at radius 3 is 3.07 bits per heavy atom. The van der Waals surface area contributed by atoms with E-state index in [1.54, 1.807) is 6.07 Å². The van der Waals surface area contributed by atoms with Gasteiger partial charge in [-0.2, -0.15) is 0 Å². The first kappa shape index (κ1) is 11.4. The van der Waals surface area contributed by atoms with Gasteiger partial charge in [-0.15, -0.1) is 0 Å². The maximum absolute atomic E-state index is 11.5. The van der Waals surface area contributed by atoms with Crippen LogP contribution in [0, 0.1) is 0 Å². The monoisotopic (exact) mass is 211 g/mol. The van der Waals surface area contributed by atoms with Gasteiger partial charge in [0.05, 0.1) is 0 Å². The molecule has 6 heteroatoms. The molecule has 15 heavy (non-hydrogen) atoms. The summed E-state index contributed by atoms with van der Waals surface area (Å²) in [5, 5.41) is 11.7. The Morgan fingerprint density at radius 1 is 1.80 bits per heavy atom. The average Bonchev–Trinajstić information content (AvgIpc) is 2.23. The van der Waals surface area contributed by atoms with E-state index in [0.717, 1.165) is 0 Å². The number of ether oxygens (including phenoxy) is 1. The largest absolute Gasteiger partial charge is 0.504 e. The van der Waals surface area contributed by atoms with Crippen LogP contribution in [0.5, 0.6) is 5.75 Å². The van der Waals surface area contributed by atoms with Crippen molar-refractivity contribution >= 4 is 11.7 Å². The number of anilines is 1. The Bertz CT molecular complexity index is 339. The summed E-state index contributed by atoms with van der Waals surface area (Å²) in [6.07, 6.45) is 0.714. The Morgan fingerprint density at radius 2 is 2.53 bits per heavy atom. The van der Waals surface area contributed by atoms with E-state index < -0.39 is 12.0 Å². The lowest BCUT2D eigenvalue weighted by Crippen LogP contribution is -2.36. The normalized spacial score (nSPS) is 12.1. The first-order valence-corrected chi connectivity index (χ1v) is 4.36. The summed E-state index contributed by atoms with van der Waals surface area (Å²) in [5.41, 5.74) is 5.31. The molecule has 0 aliphatic carbocycles. The highest BCUT2D eigenvalue weighted by molar-refractivity contribution is 5.94. The molecule has 0 bridgehead atoms. The van der Waals surface area contributed by atoms with Crippen LogP contribution in [0.1, 0.15) is 0 Å². The quantitative estimate of drug-likeness (QED) is 0.635. The number of amides is 1. The number of carbonyl (C=O) groups is 1. The van der Waals surface area contributed by atoms with Gasteiger partial charge in [0, 0.05) is 19.9 Å². The molecule has 1 atom stereocenters. The maximum atomic E-state index is 11.5. The topological polar surface area (TPSA) is 97.5 Å². The summed E-state index contributed by atoms with van der Waals surface area (Å²) in [4.78, 5) is 15.3. The van der Waals surface area contributed by atoms with E-state index in [2.05, 4.69) is 10.3 Å². The van der Waals surface area contributed by atoms with Crippen molar-refractivity contribution in [3.63, 3.8) is 0 Å². The van der Waals surface area contributed by atoms with Gasteiger partial charge in [-0.3, -0.25) is 4.79 Å². The second kappa shape index (κ2) is 5.28. The lowest BCUT2D eigenvalue weighted by molar-refractivity contribution is -0.125. The molecule has 1 heterocycles. The number of hydrogen-bond acceptors (Lipinski definition) is 5. The highest BCUT2D eigenvalue weighted by Gasteiger charge is 2.17. The predicted molar refractivity (Wildman–Crippen MR) is 54.4 cm³/mol. The number of nitrogens with two attached hydrogens (primary N) is 1. The second-order valence-electron chi connectivity index (χ2n) is 2.82. The van der Waals surface area contributed by atoms with Crippen LogP contribution in [0.25, 0.3) is 0 Å². The molecule has 1 aromatic heterocycles. The molecule has 1 amide bonds. The van der Waals surface area contributed by atoms with Crippen LogP contribution in [0.3, 0.4) is 0 Å². The molecule has 0 saturated heterocycles. The number of nitrogens with zero attached hydrogens (tertiary/aromatic N) is 1. The number of rotatable bonds is 4. The van der Waals surface area contributed by atoms with Crippen molar-refractivity contribution in [1.29, 1.82) is 0 Å². The third kappa shape index (κ3) is 2.90. The van der Waals surface area contributed by atoms with Gasteiger partial charge in [0.15, 0.2) is 11.6 Å². The minimum atomic E-state index is -0.744. The molecule has 0 fully saturated rings. The zero-order chi connectivity index (χ0) is 11.3. The third-order valence-corrected chi connectivity index (χ3v) is 1.82. The van der Waals surface area contributed by atoms with E-state index in [0.29, 0.717) is 0 Å². The average molecular weight is 211 g/mol. The Kier molecular flexibility index (Phi) is 4.02. The molecule has 4 N–H and O–H groups in total. The van der Waals surface area contributed by atoms with E-state index >= 15 is 0 Å². The summed E-state index contributed by atoms with van der Waals surface area (Å²) in [6.45, 7) is 0.0654. The second-order valence-corrected chi connectivity index (χ2v) is 2.82. The molecule has 0 aliphatic rings. The third-order valence-electron chi connectivity index (χ3n) is 1.82. The van der Waals surface area contributed by atoms with E-state index in [-0.39, 0.29) is 18.1 Å². The molecular formula is C9H13N3O3. The van der Waals surface area contributed by atoms with Crippen molar-refractivity contribution in [1.82, 2.24) is 4.98 Å². The maximum Gasteiger partial charge on any atom is 0.256 e. The lowest BCUT2D eigenvalue weighted by atomic mass is 10.3. The first-order valence-electron chi connectivity index (χ1n) is 4.36. The SMILES string of the molecule is COC(CN)C(=O)Nc1ncccc1O. The standard InChI is InChI=1S/C9H13N3O3/c1-15-7(5-10)9(14)12-8-6(13)3-2-4-11-8/h2-4,7,13H,5,10H2,1H3,(H,11,12,14). The number of methoxy groups -OCH3 is 1. The van der Waals surface area contributed by atoms with Crippen molar-refractivity contribution in [3.8, 4) is 5.75 Å². The van der Waals surface area contributed by atoms with Gasteiger partial charge in [0.1, 0.15) is 6.10 Å². The number of nitrogens with one attached hydrogen (secondary N) is 1. The highest BCUT2D eigenvalue weighted by atomic mass is 16.5. The van der Waals surface area contributed by atoms with E-state index in [1.807, 2.05) is 0 Å². The predicted octanol–water partition coefficient (Wildman–Crippen LogP) is -0.301. The molecule has 0 aliphatic heterocycles. The van der Waals surface area contributed by atoms with Gasteiger partial charge < -0.3 is 20.9 Å². The van der Waals surface area contributed by atoms with Gasteiger partial charge >= 0.3 is 0 Å². The Hall–Kier alpha value is -1.66. The smallest absolute Gasteiger partial charge is 0.256 e. The molecule has 1 aromatic rings. The van der Waals surface area contributed by atoms with E-state index in [1.165, 1.54) is 19.4 Å². The molecule has 0 radical (unpaired) electrons. The molecule has 0 spiro atoms. The molecule has 6 nitrogen and oxygen atoms in total. The first-order chi connectivity index (χ1) is 7.19. The van der Waals surface area contributed by atoms with Crippen LogP contribution in [0.15, 0.2) is 18.3 Å². The fourth-order valence-corrected chi connectivity index (χ4v) is 1.00. The molecule has 0 saturated carbocycles. The fraction of sp³-hybridized carbons (Fsp3) is 0.333. The summed E-state index contributed by atoms with van der Waals surface area (Å²) >= 11 is 0. The molecule has 82 valence electrons. The van der Waals surface area contributed by atoms with E-state index in [9.17, 15) is 9.90 Å². The van der Waals surface area contributed by atoms with Crippen molar-refractivity contribution in [2.45, 2.75) is 6.10 Å². The van der Waals surface area contributed by atoms with Gasteiger partial charge in [-0.25, -0.2) is 4.98 Å². The number of aromatic hydroxyl groups is 1. The van der Waals surface area contributed by atoms with Crippen molar-refractivity contribution in [2.24, 2.45) is 5.73 Å². The minimum Gasteiger partial charge on any atom is -0.504 e. The number of carbonyl (C=O) groups excluding carboxylic acids is 1. The summed E-state index contributed by atoms with van der Waals surface area (Å²) in [7, 11) is 1.38. The van der Waals surface area contributed by atoms with Crippen LogP contribution in [-0.4, -0.2) is 35.8 Å². The Balaban J connectivity index is 2.70. The van der Waals surface area contributed by atoms with Gasteiger partial charge in [0.2, 0.25) is 0 Å². The summed E-state index contributed by atoms with van der Waals surface area (Å²) in [6, 6.07) is 2.98. The zero-order valence-electron chi connectivity index (χ0n) is 8.30. The fourth-order valence-electron chi connectivity index (χ4n) is 1.00. The van der Waals surface area contributed by atoms with Crippen LogP contribution >= 0.6 is 0 Å². The van der Waals surface area contributed by atoms with Crippen molar-refractivity contribution in [3.05, 3.63) is 18.3 Å². The van der Waals surface area contributed by atoms with Gasteiger partial charge in [-0.1, -0.05) is 0 Å². The number of aromatic nitrogens is 1. The van der Waals surface area contributed by atoms with Gasteiger partial charge in [-0.05, 0) is 12.1 Å². The molecule has 0 aromatic carbocycles. The lowest BCUT2D eigenvalue weighted by Gasteiger charge is -2.12. The summed E-state index contributed by atoms with van der Waals surface area (Å²) in [5.74, 6) is -0.440. The van der Waals surface area contributed by atoms with Crippen LogP contribution < -0.4 is 11.1 Å². The minimum absolute atomic E-state index is 0.0654. The van der Waals surface area contributed by atoms with Gasteiger partial charge in [0.25, 0.3) is 5.91 Å². The molecular weight excluding hydrogens is 198 g/mol. The highest BCUT2D eigenvalue weighted by Crippen LogP contribution is 2.18. The summed E-state index contributed by atoms with van der Waals surface area (Å²) < 4.78 is 4.83. The zero-order valence-corrected chi connectivity index (χ0v) is 8.30. The van der Waals surface area contributed by atoms with E-state index in [4.69, 9.17) is 10.5 Å². The van der Waals surface area contributed by atoms with Crippen molar-refractivity contribution < 1.29 is 14.6 Å². The van der Waals surface area contributed by atoms with Crippen molar-refractivity contribution in [2.75, 3.05) is 19.0 Å². The van der Waals surface area contributed by atoms with Crippen LogP contribution in [-0.2, 0) is 9.53 Å². The Labute approximate surface area is 87.1 Å².